The highest BCUT2D eigenvalue weighted by Gasteiger charge is 2.43. The highest BCUT2D eigenvalue weighted by atomic mass is 16.3. The summed E-state index contributed by atoms with van der Waals surface area (Å²) in [5.41, 5.74) is 0.316. The summed E-state index contributed by atoms with van der Waals surface area (Å²) in [5.74, 6) is 2.54. The first-order valence-electron chi connectivity index (χ1n) is 8.77. The van der Waals surface area contributed by atoms with Crippen molar-refractivity contribution in [2.24, 2.45) is 29.1 Å². The Hall–Kier alpha value is -0.410. The summed E-state index contributed by atoms with van der Waals surface area (Å²) in [5, 5.41) is 10.0. The predicted molar refractivity (Wildman–Crippen MR) is 84.0 cm³/mol. The van der Waals surface area contributed by atoms with Crippen molar-refractivity contribution in [3.63, 3.8) is 0 Å². The molecule has 1 heterocycles. The molecule has 3 rings (SSSR count). The van der Waals surface area contributed by atoms with Gasteiger partial charge in [0.1, 0.15) is 5.78 Å². The molecule has 3 nitrogen and oxygen atoms in total. The Morgan fingerprint density at radius 2 is 1.95 bits per heavy atom. The van der Waals surface area contributed by atoms with E-state index in [1.807, 2.05) is 0 Å². The van der Waals surface area contributed by atoms with Gasteiger partial charge in [0.25, 0.3) is 0 Å². The van der Waals surface area contributed by atoms with Crippen molar-refractivity contribution >= 4 is 5.78 Å². The Bertz CT molecular complexity index is 401. The van der Waals surface area contributed by atoms with Crippen LogP contribution in [0.4, 0.5) is 0 Å². The van der Waals surface area contributed by atoms with Crippen molar-refractivity contribution in [1.82, 2.24) is 4.90 Å². The maximum absolute atomic E-state index is 12.3. The lowest BCUT2D eigenvalue weighted by Gasteiger charge is -2.38. The lowest BCUT2D eigenvalue weighted by molar-refractivity contribution is -0.127. The van der Waals surface area contributed by atoms with Crippen LogP contribution in [0, 0.1) is 29.1 Å². The van der Waals surface area contributed by atoms with Crippen LogP contribution in [0.2, 0.25) is 0 Å². The zero-order valence-electron chi connectivity index (χ0n) is 13.8. The molecule has 0 amide bonds. The average molecular weight is 293 g/mol. The van der Waals surface area contributed by atoms with E-state index in [4.69, 9.17) is 0 Å². The molecule has 0 aromatic heterocycles. The third-order valence-corrected chi connectivity index (χ3v) is 6.36. The molecule has 1 aliphatic heterocycles. The summed E-state index contributed by atoms with van der Waals surface area (Å²) in [7, 11) is 0. The molecule has 2 saturated carbocycles. The second-order valence-electron chi connectivity index (χ2n) is 8.79. The van der Waals surface area contributed by atoms with Crippen molar-refractivity contribution in [2.45, 2.75) is 59.0 Å². The molecule has 0 aromatic carbocycles. The molecule has 5 atom stereocenters. The van der Waals surface area contributed by atoms with Crippen LogP contribution in [-0.4, -0.2) is 41.5 Å². The smallest absolute Gasteiger partial charge is 0.137 e. The summed E-state index contributed by atoms with van der Waals surface area (Å²) in [6.45, 7) is 9.97. The van der Waals surface area contributed by atoms with Crippen LogP contribution in [0.25, 0.3) is 0 Å². The van der Waals surface area contributed by atoms with E-state index in [-0.39, 0.29) is 12.0 Å². The minimum Gasteiger partial charge on any atom is -0.393 e. The second kappa shape index (κ2) is 5.66. The molecule has 0 aromatic rings. The number of ketones is 1. The fourth-order valence-electron chi connectivity index (χ4n) is 4.87. The molecule has 0 radical (unpaired) electrons. The van der Waals surface area contributed by atoms with E-state index >= 15 is 0 Å². The van der Waals surface area contributed by atoms with Gasteiger partial charge in [0.2, 0.25) is 0 Å². The van der Waals surface area contributed by atoms with E-state index in [1.54, 1.807) is 0 Å². The van der Waals surface area contributed by atoms with Gasteiger partial charge in [-0.1, -0.05) is 20.8 Å². The minimum absolute atomic E-state index is 0.0932. The SMILES string of the molecule is CC(C)(C)C1CCC(=O)C(CN2CC3CCC(O)C3C2)C1. The Balaban J connectivity index is 1.58. The number of aliphatic hydroxyl groups is 1. The van der Waals surface area contributed by atoms with Gasteiger partial charge in [-0.2, -0.15) is 0 Å². The van der Waals surface area contributed by atoms with E-state index in [0.29, 0.717) is 29.0 Å². The van der Waals surface area contributed by atoms with Gasteiger partial charge in [0.05, 0.1) is 6.10 Å². The fraction of sp³-hybridized carbons (Fsp3) is 0.944. The lowest BCUT2D eigenvalue weighted by atomic mass is 9.68. The Labute approximate surface area is 129 Å². The third-order valence-electron chi connectivity index (χ3n) is 6.36. The number of hydrogen-bond donors (Lipinski definition) is 1. The zero-order valence-corrected chi connectivity index (χ0v) is 13.8. The molecule has 5 unspecified atom stereocenters. The quantitative estimate of drug-likeness (QED) is 0.851. The number of aliphatic hydroxyl groups excluding tert-OH is 1. The van der Waals surface area contributed by atoms with Gasteiger partial charge < -0.3 is 10.0 Å². The highest BCUT2D eigenvalue weighted by Crippen LogP contribution is 2.41. The van der Waals surface area contributed by atoms with Crippen molar-refractivity contribution in [3.8, 4) is 0 Å². The molecule has 21 heavy (non-hydrogen) atoms. The maximum Gasteiger partial charge on any atom is 0.137 e. The van der Waals surface area contributed by atoms with E-state index in [0.717, 1.165) is 45.3 Å². The first-order chi connectivity index (χ1) is 9.84. The first kappa shape index (κ1) is 15.5. The molecule has 3 aliphatic rings. The number of likely N-dealkylation sites (tertiary alicyclic amines) is 1. The van der Waals surface area contributed by atoms with Crippen molar-refractivity contribution < 1.29 is 9.90 Å². The monoisotopic (exact) mass is 293 g/mol. The summed E-state index contributed by atoms with van der Waals surface area (Å²) in [4.78, 5) is 14.8. The van der Waals surface area contributed by atoms with Crippen LogP contribution < -0.4 is 0 Å². The normalized spacial score (nSPS) is 41.5. The highest BCUT2D eigenvalue weighted by molar-refractivity contribution is 5.82. The summed E-state index contributed by atoms with van der Waals surface area (Å²) >= 11 is 0. The van der Waals surface area contributed by atoms with Crippen LogP contribution in [0.1, 0.15) is 52.9 Å². The molecule has 120 valence electrons. The first-order valence-corrected chi connectivity index (χ1v) is 8.77. The third kappa shape index (κ3) is 3.19. The van der Waals surface area contributed by atoms with Crippen LogP contribution in [-0.2, 0) is 4.79 Å². The van der Waals surface area contributed by atoms with Gasteiger partial charge in [-0.05, 0) is 42.9 Å². The van der Waals surface area contributed by atoms with Crippen LogP contribution in [0.3, 0.4) is 0 Å². The Morgan fingerprint density at radius 1 is 1.19 bits per heavy atom. The second-order valence-corrected chi connectivity index (χ2v) is 8.79. The van der Waals surface area contributed by atoms with Crippen molar-refractivity contribution in [1.29, 1.82) is 0 Å². The van der Waals surface area contributed by atoms with E-state index < -0.39 is 0 Å². The number of nitrogens with zero attached hydrogens (tertiary/aromatic N) is 1. The summed E-state index contributed by atoms with van der Waals surface area (Å²) < 4.78 is 0. The number of rotatable bonds is 2. The molecule has 0 bridgehead atoms. The van der Waals surface area contributed by atoms with Gasteiger partial charge in [0, 0.05) is 37.9 Å². The van der Waals surface area contributed by atoms with E-state index in [1.165, 1.54) is 6.42 Å². The van der Waals surface area contributed by atoms with Crippen LogP contribution >= 0.6 is 0 Å². The van der Waals surface area contributed by atoms with E-state index in [9.17, 15) is 9.90 Å². The van der Waals surface area contributed by atoms with Gasteiger partial charge in [-0.15, -0.1) is 0 Å². The summed E-state index contributed by atoms with van der Waals surface area (Å²) in [6.07, 6.45) is 4.97. The minimum atomic E-state index is -0.0932. The topological polar surface area (TPSA) is 40.5 Å². The molecule has 3 heteroatoms. The molecular weight excluding hydrogens is 262 g/mol. The van der Waals surface area contributed by atoms with Gasteiger partial charge >= 0.3 is 0 Å². The van der Waals surface area contributed by atoms with Crippen molar-refractivity contribution in [3.05, 3.63) is 0 Å². The predicted octanol–water partition coefficient (Wildman–Crippen LogP) is 2.72. The molecule has 1 saturated heterocycles. The number of carbonyl (C=O) groups excluding carboxylic acids is 1. The fourth-order valence-corrected chi connectivity index (χ4v) is 4.87. The number of fused-ring (bicyclic) bond motifs is 1. The molecule has 1 N–H and O–H groups in total. The summed E-state index contributed by atoms with van der Waals surface area (Å²) in [6, 6.07) is 0. The van der Waals surface area contributed by atoms with Gasteiger partial charge in [-0.3, -0.25) is 4.79 Å². The molecule has 3 fully saturated rings. The Kier molecular flexibility index (Phi) is 4.17. The van der Waals surface area contributed by atoms with Gasteiger partial charge in [0.15, 0.2) is 0 Å². The number of Topliss-reactive ketones (excluding diaryl/α,β-unsaturated/α-hetero) is 1. The molecular formula is C18H31NO2. The lowest BCUT2D eigenvalue weighted by Crippen LogP contribution is -2.39. The standard InChI is InChI=1S/C18H31NO2/c1-18(2,3)14-5-7-16(20)13(8-14)10-19-9-12-4-6-17(21)15(12)11-19/h12-15,17,21H,4-11H2,1-3H3. The van der Waals surface area contributed by atoms with Crippen molar-refractivity contribution in [2.75, 3.05) is 19.6 Å². The van der Waals surface area contributed by atoms with Gasteiger partial charge in [-0.25, -0.2) is 0 Å². The van der Waals surface area contributed by atoms with Crippen LogP contribution in [0.5, 0.6) is 0 Å². The number of hydrogen-bond acceptors (Lipinski definition) is 3. The van der Waals surface area contributed by atoms with E-state index in [2.05, 4.69) is 25.7 Å². The van der Waals surface area contributed by atoms with Crippen LogP contribution in [0.15, 0.2) is 0 Å². The maximum atomic E-state index is 12.3. The zero-order chi connectivity index (χ0) is 15.2. The molecule has 0 spiro atoms. The molecule has 2 aliphatic carbocycles. The number of carbonyl (C=O) groups is 1. The Morgan fingerprint density at radius 3 is 2.62 bits per heavy atom. The largest absolute Gasteiger partial charge is 0.393 e. The average Bonchev–Trinajstić information content (AvgIpc) is 2.93.